The van der Waals surface area contributed by atoms with Crippen LogP contribution in [0.3, 0.4) is 0 Å². The highest BCUT2D eigenvalue weighted by atomic mass is 35.5. The van der Waals surface area contributed by atoms with Gasteiger partial charge in [0.2, 0.25) is 5.91 Å². The van der Waals surface area contributed by atoms with Gasteiger partial charge in [-0.3, -0.25) is 14.9 Å². The van der Waals surface area contributed by atoms with Crippen molar-refractivity contribution in [1.29, 1.82) is 0 Å². The molecule has 2 atom stereocenters. The number of para-hydroxylation sites is 1. The first kappa shape index (κ1) is 23.1. The van der Waals surface area contributed by atoms with Gasteiger partial charge in [-0.1, -0.05) is 35.9 Å². The third kappa shape index (κ3) is 4.66. The first-order valence-corrected chi connectivity index (χ1v) is 11.8. The fourth-order valence-corrected chi connectivity index (χ4v) is 5.37. The van der Waals surface area contributed by atoms with Gasteiger partial charge in [0, 0.05) is 44.0 Å². The van der Waals surface area contributed by atoms with Gasteiger partial charge >= 0.3 is 0 Å². The van der Waals surface area contributed by atoms with Crippen LogP contribution in [0.5, 0.6) is 0 Å². The molecule has 0 bridgehead atoms. The second-order valence-corrected chi connectivity index (χ2v) is 9.29. The number of carbonyl (C=O) groups excluding carboxylic acids is 1. The van der Waals surface area contributed by atoms with Crippen LogP contribution >= 0.6 is 11.6 Å². The molecule has 0 spiro atoms. The minimum absolute atomic E-state index is 0.0100. The van der Waals surface area contributed by atoms with E-state index in [-0.39, 0.29) is 30.0 Å². The van der Waals surface area contributed by atoms with E-state index in [1.807, 2.05) is 24.3 Å². The average Bonchev–Trinajstić information content (AvgIpc) is 2.86. The zero-order valence-electron chi connectivity index (χ0n) is 18.9. The molecule has 1 saturated heterocycles. The minimum atomic E-state index is -0.441. The molecule has 3 aromatic carbocycles. The summed E-state index contributed by atoms with van der Waals surface area (Å²) >= 11 is 6.46. The summed E-state index contributed by atoms with van der Waals surface area (Å²) < 4.78 is 13.6. The van der Waals surface area contributed by atoms with E-state index in [1.54, 1.807) is 24.3 Å². The molecule has 1 amide bonds. The predicted octanol–water partition coefficient (Wildman–Crippen LogP) is 4.57. The first-order valence-electron chi connectivity index (χ1n) is 11.5. The van der Waals surface area contributed by atoms with E-state index in [2.05, 4.69) is 15.1 Å². The van der Waals surface area contributed by atoms with Crippen molar-refractivity contribution in [1.82, 2.24) is 5.32 Å². The number of hydrogen-bond acceptors (Lipinski definition) is 5. The quantitative estimate of drug-likeness (QED) is 0.415. The normalized spacial score (nSPS) is 19.0. The number of rotatable bonds is 5. The van der Waals surface area contributed by atoms with Crippen molar-refractivity contribution in [2.45, 2.75) is 19.0 Å². The Kier molecular flexibility index (Phi) is 6.30. The molecule has 7 nitrogen and oxygen atoms in total. The Balaban J connectivity index is 1.44. The molecule has 5 rings (SSSR count). The number of amides is 1. The highest BCUT2D eigenvalue weighted by molar-refractivity contribution is 6.33. The monoisotopic (exact) mass is 494 g/mol. The molecule has 0 saturated carbocycles. The van der Waals surface area contributed by atoms with Gasteiger partial charge in [0.15, 0.2) is 0 Å². The molecule has 9 heteroatoms. The molecule has 3 aromatic rings. The number of piperazine rings is 1. The molecule has 0 unspecified atom stereocenters. The average molecular weight is 495 g/mol. The minimum Gasteiger partial charge on any atom is -0.366 e. The highest BCUT2D eigenvalue weighted by Gasteiger charge is 2.42. The Labute approximate surface area is 207 Å². The second kappa shape index (κ2) is 9.54. The van der Waals surface area contributed by atoms with Crippen molar-refractivity contribution in [2.24, 2.45) is 5.92 Å². The van der Waals surface area contributed by atoms with Crippen LogP contribution in [0.4, 0.5) is 21.5 Å². The Hall–Kier alpha value is -3.65. The largest absolute Gasteiger partial charge is 0.366 e. The molecular weight excluding hydrogens is 471 g/mol. The summed E-state index contributed by atoms with van der Waals surface area (Å²) in [6, 6.07) is 18.5. The second-order valence-electron chi connectivity index (χ2n) is 8.89. The number of carbonyl (C=O) groups is 1. The lowest BCUT2D eigenvalue weighted by atomic mass is 9.83. The smallest absolute Gasteiger partial charge is 0.269 e. The number of non-ortho nitro benzene ring substituents is 1. The fraction of sp³-hybridized carbons (Fsp3) is 0.269. The molecule has 2 aliphatic rings. The number of hydrogen-bond donors (Lipinski definition) is 1. The third-order valence-electron chi connectivity index (χ3n) is 6.79. The van der Waals surface area contributed by atoms with Crippen LogP contribution in [0.15, 0.2) is 66.7 Å². The van der Waals surface area contributed by atoms with Crippen LogP contribution in [-0.2, 0) is 17.8 Å². The first-order chi connectivity index (χ1) is 16.9. The maximum absolute atomic E-state index is 13.6. The van der Waals surface area contributed by atoms with Gasteiger partial charge in [-0.2, -0.15) is 0 Å². The van der Waals surface area contributed by atoms with Crippen LogP contribution in [0.2, 0.25) is 5.02 Å². The molecule has 0 radical (unpaired) electrons. The van der Waals surface area contributed by atoms with Gasteiger partial charge in [0.05, 0.1) is 27.6 Å². The van der Waals surface area contributed by atoms with E-state index in [0.717, 1.165) is 16.9 Å². The van der Waals surface area contributed by atoms with Crippen molar-refractivity contribution >= 4 is 34.6 Å². The van der Waals surface area contributed by atoms with Crippen LogP contribution < -0.4 is 15.1 Å². The summed E-state index contributed by atoms with van der Waals surface area (Å²) in [4.78, 5) is 28.8. The maximum Gasteiger partial charge on any atom is 0.269 e. The number of halogens is 2. The summed E-state index contributed by atoms with van der Waals surface area (Å²) in [5.74, 6) is -0.963. The number of nitro groups is 1. The zero-order valence-corrected chi connectivity index (χ0v) is 19.6. The zero-order chi connectivity index (χ0) is 24.5. The number of fused-ring (bicyclic) bond motifs is 3. The lowest BCUT2D eigenvalue weighted by molar-refractivity contribution is -0.384. The predicted molar refractivity (Wildman–Crippen MR) is 133 cm³/mol. The summed E-state index contributed by atoms with van der Waals surface area (Å²) in [6.07, 6.45) is 0.378. The lowest BCUT2D eigenvalue weighted by Crippen LogP contribution is -2.61. The summed E-state index contributed by atoms with van der Waals surface area (Å²) in [6.45, 7) is 2.14. The standard InChI is InChI=1S/C26H24ClFN4O3/c27-22-6-1-2-7-24(22)30-10-11-31-23-9-8-20(32(34)35)13-18(23)14-21(25(31)16-30)26(33)29-15-17-4-3-5-19(28)12-17/h1-9,12-13,21,25H,10-11,14-16H2,(H,29,33)/t21-,25-/m1/s1. The summed E-state index contributed by atoms with van der Waals surface area (Å²) in [7, 11) is 0. The number of nitrogens with one attached hydrogen (secondary N) is 1. The van der Waals surface area contributed by atoms with Gasteiger partial charge in [-0.25, -0.2) is 4.39 Å². The summed E-state index contributed by atoms with van der Waals surface area (Å²) in [5, 5.41) is 15.0. The topological polar surface area (TPSA) is 78.7 Å². The Morgan fingerprint density at radius 3 is 2.69 bits per heavy atom. The van der Waals surface area contributed by atoms with E-state index in [4.69, 9.17) is 11.6 Å². The molecule has 1 fully saturated rings. The highest BCUT2D eigenvalue weighted by Crippen LogP contribution is 2.39. The molecule has 2 aliphatic heterocycles. The van der Waals surface area contributed by atoms with Crippen LogP contribution in [0, 0.1) is 21.8 Å². The van der Waals surface area contributed by atoms with Gasteiger partial charge < -0.3 is 15.1 Å². The van der Waals surface area contributed by atoms with Crippen LogP contribution in [-0.4, -0.2) is 36.5 Å². The van der Waals surface area contributed by atoms with E-state index in [9.17, 15) is 19.3 Å². The Bertz CT molecular complexity index is 1290. The van der Waals surface area contributed by atoms with Crippen molar-refractivity contribution in [3.63, 3.8) is 0 Å². The molecule has 35 heavy (non-hydrogen) atoms. The van der Waals surface area contributed by atoms with Gasteiger partial charge in [-0.15, -0.1) is 0 Å². The molecular formula is C26H24ClFN4O3. The van der Waals surface area contributed by atoms with Crippen LogP contribution in [0.25, 0.3) is 0 Å². The number of benzene rings is 3. The van der Waals surface area contributed by atoms with Gasteiger partial charge in [0.1, 0.15) is 5.82 Å². The molecule has 2 heterocycles. The fourth-order valence-electron chi connectivity index (χ4n) is 5.12. The SMILES string of the molecule is O=C(NCc1cccc(F)c1)[C@@H]1Cc2cc([N+](=O)[O-])ccc2N2CCN(c3ccccc3Cl)C[C@H]12. The molecule has 0 aliphatic carbocycles. The number of nitro benzene ring substituents is 1. The van der Waals surface area contributed by atoms with Crippen molar-refractivity contribution in [2.75, 3.05) is 29.4 Å². The van der Waals surface area contributed by atoms with Crippen molar-refractivity contribution < 1.29 is 14.1 Å². The van der Waals surface area contributed by atoms with Crippen molar-refractivity contribution in [3.05, 3.63) is 98.8 Å². The Morgan fingerprint density at radius 2 is 1.91 bits per heavy atom. The Morgan fingerprint density at radius 1 is 1.09 bits per heavy atom. The molecule has 0 aromatic heterocycles. The maximum atomic E-state index is 13.6. The number of nitrogens with zero attached hydrogens (tertiary/aromatic N) is 3. The van der Waals surface area contributed by atoms with Gasteiger partial charge in [-0.05, 0) is 47.9 Å². The third-order valence-corrected chi connectivity index (χ3v) is 7.11. The van der Waals surface area contributed by atoms with Gasteiger partial charge in [0.25, 0.3) is 5.69 Å². The number of anilines is 2. The van der Waals surface area contributed by atoms with E-state index in [1.165, 1.54) is 18.2 Å². The van der Waals surface area contributed by atoms with E-state index < -0.39 is 10.8 Å². The lowest BCUT2D eigenvalue weighted by Gasteiger charge is -2.49. The van der Waals surface area contributed by atoms with Crippen LogP contribution in [0.1, 0.15) is 11.1 Å². The van der Waals surface area contributed by atoms with E-state index >= 15 is 0 Å². The molecule has 180 valence electrons. The molecule has 1 N–H and O–H groups in total. The van der Waals surface area contributed by atoms with E-state index in [0.29, 0.717) is 36.6 Å². The summed E-state index contributed by atoms with van der Waals surface area (Å²) in [5.41, 5.74) is 3.31. The van der Waals surface area contributed by atoms with Crippen molar-refractivity contribution in [3.8, 4) is 0 Å².